The van der Waals surface area contributed by atoms with Crippen molar-refractivity contribution in [3.05, 3.63) is 93.7 Å². The van der Waals surface area contributed by atoms with Gasteiger partial charge in [0.2, 0.25) is 0 Å². The zero-order valence-corrected chi connectivity index (χ0v) is 21.8. The Morgan fingerprint density at radius 2 is 1.86 bits per heavy atom. The van der Waals surface area contributed by atoms with Crippen LogP contribution in [0.5, 0.6) is 5.75 Å². The van der Waals surface area contributed by atoms with Gasteiger partial charge in [0.1, 0.15) is 17.8 Å². The van der Waals surface area contributed by atoms with Gasteiger partial charge in [0.05, 0.1) is 5.69 Å². The molecule has 0 spiro atoms. The zero-order valence-electron chi connectivity index (χ0n) is 21.8. The monoisotopic (exact) mass is 500 g/mol. The highest BCUT2D eigenvalue weighted by Crippen LogP contribution is 2.41. The van der Waals surface area contributed by atoms with E-state index in [2.05, 4.69) is 5.10 Å². The number of aliphatic carboxylic acids is 2. The number of carbonyl (C=O) groups is 2. The molecule has 1 aromatic heterocycles. The lowest BCUT2D eigenvalue weighted by Gasteiger charge is -2.33. The SMILES string of the molecule is CCc1cccc(C2(C(=O)O)C=CC(C)=C(C(=O)O)C2)c1COc1ccc(-c2nn(C)cc2C)cc1C. The van der Waals surface area contributed by atoms with Gasteiger partial charge in [-0.3, -0.25) is 9.48 Å². The molecule has 7 heteroatoms. The summed E-state index contributed by atoms with van der Waals surface area (Å²) in [5, 5.41) is 24.7. The molecule has 1 aliphatic carbocycles. The van der Waals surface area contributed by atoms with Gasteiger partial charge in [-0.1, -0.05) is 37.3 Å². The van der Waals surface area contributed by atoms with E-state index >= 15 is 0 Å². The fourth-order valence-corrected chi connectivity index (χ4v) is 5.09. The smallest absolute Gasteiger partial charge is 0.331 e. The molecule has 0 saturated heterocycles. The van der Waals surface area contributed by atoms with E-state index in [1.165, 1.54) is 0 Å². The number of aromatic nitrogens is 2. The Hall–Kier alpha value is -4.13. The van der Waals surface area contributed by atoms with Gasteiger partial charge in [0.15, 0.2) is 0 Å². The predicted octanol–water partition coefficient (Wildman–Crippen LogP) is 5.53. The fourth-order valence-electron chi connectivity index (χ4n) is 5.09. The van der Waals surface area contributed by atoms with Crippen LogP contribution in [-0.4, -0.2) is 31.9 Å². The van der Waals surface area contributed by atoms with E-state index in [4.69, 9.17) is 4.74 Å². The number of carboxylic acid groups (broad SMARTS) is 2. The standard InChI is InChI=1S/C30H32N2O5/c1-6-21-8-7-9-25(30(29(35)36)13-12-18(2)23(15-30)28(33)34)24(21)17-37-26-11-10-22(14-19(26)3)27-20(4)16-32(5)31-27/h7-14,16H,6,15,17H2,1-5H3,(H,33,34)(H,35,36). The van der Waals surface area contributed by atoms with Gasteiger partial charge in [-0.25, -0.2) is 4.79 Å². The van der Waals surface area contributed by atoms with Gasteiger partial charge >= 0.3 is 11.9 Å². The number of benzene rings is 2. The third-order valence-corrected chi connectivity index (χ3v) is 7.16. The van der Waals surface area contributed by atoms with Crippen molar-refractivity contribution in [2.45, 2.75) is 52.6 Å². The summed E-state index contributed by atoms with van der Waals surface area (Å²) >= 11 is 0. The molecule has 192 valence electrons. The van der Waals surface area contributed by atoms with E-state index in [0.29, 0.717) is 23.3 Å². The van der Waals surface area contributed by atoms with Crippen LogP contribution in [-0.2, 0) is 35.1 Å². The van der Waals surface area contributed by atoms with E-state index in [-0.39, 0.29) is 18.6 Å². The lowest BCUT2D eigenvalue weighted by atomic mass is 9.69. The number of hydrogen-bond donors (Lipinski definition) is 2. The van der Waals surface area contributed by atoms with Crippen LogP contribution in [0.25, 0.3) is 11.3 Å². The van der Waals surface area contributed by atoms with Crippen molar-refractivity contribution >= 4 is 11.9 Å². The first-order valence-electron chi connectivity index (χ1n) is 12.3. The topological polar surface area (TPSA) is 102 Å². The van der Waals surface area contributed by atoms with Crippen LogP contribution in [0.3, 0.4) is 0 Å². The summed E-state index contributed by atoms with van der Waals surface area (Å²) in [5.74, 6) is -1.49. The van der Waals surface area contributed by atoms with E-state index in [0.717, 1.165) is 33.5 Å². The summed E-state index contributed by atoms with van der Waals surface area (Å²) in [7, 11) is 1.89. The third-order valence-electron chi connectivity index (χ3n) is 7.16. The van der Waals surface area contributed by atoms with Gasteiger partial charge in [-0.2, -0.15) is 5.10 Å². The number of allylic oxidation sites excluding steroid dienone is 2. The normalized spacial score (nSPS) is 17.2. The molecule has 1 unspecified atom stereocenters. The lowest BCUT2D eigenvalue weighted by molar-refractivity contribution is -0.142. The minimum Gasteiger partial charge on any atom is -0.489 e. The quantitative estimate of drug-likeness (QED) is 0.422. The molecule has 37 heavy (non-hydrogen) atoms. The average Bonchev–Trinajstić information content (AvgIpc) is 3.20. The van der Waals surface area contributed by atoms with Crippen molar-refractivity contribution in [3.8, 4) is 17.0 Å². The molecule has 2 N–H and O–H groups in total. The highest BCUT2D eigenvalue weighted by atomic mass is 16.5. The van der Waals surface area contributed by atoms with Gasteiger partial charge in [0, 0.05) is 30.8 Å². The first-order valence-corrected chi connectivity index (χ1v) is 12.3. The molecular formula is C30H32N2O5. The maximum atomic E-state index is 12.7. The van der Waals surface area contributed by atoms with Crippen LogP contribution in [0.4, 0.5) is 0 Å². The fraction of sp³-hybridized carbons (Fsp3) is 0.300. The van der Waals surface area contributed by atoms with Crippen molar-refractivity contribution in [1.82, 2.24) is 9.78 Å². The number of rotatable bonds is 8. The minimum atomic E-state index is -1.49. The molecule has 0 bridgehead atoms. The largest absolute Gasteiger partial charge is 0.489 e. The molecule has 7 nitrogen and oxygen atoms in total. The van der Waals surface area contributed by atoms with Gasteiger partial charge < -0.3 is 14.9 Å². The van der Waals surface area contributed by atoms with Crippen molar-refractivity contribution in [3.63, 3.8) is 0 Å². The second-order valence-electron chi connectivity index (χ2n) is 9.65. The first kappa shape index (κ1) is 25.9. The number of nitrogens with zero attached hydrogens (tertiary/aromatic N) is 2. The molecule has 0 aliphatic heterocycles. The van der Waals surface area contributed by atoms with Crippen LogP contribution in [0.15, 0.2) is 65.9 Å². The Labute approximate surface area is 216 Å². The molecule has 2 aromatic carbocycles. The summed E-state index contributed by atoms with van der Waals surface area (Å²) in [4.78, 5) is 24.6. The predicted molar refractivity (Wildman–Crippen MR) is 142 cm³/mol. The summed E-state index contributed by atoms with van der Waals surface area (Å²) < 4.78 is 8.06. The molecule has 1 aliphatic rings. The maximum absolute atomic E-state index is 12.7. The van der Waals surface area contributed by atoms with Crippen LogP contribution < -0.4 is 4.74 Å². The molecule has 1 atom stereocenters. The van der Waals surface area contributed by atoms with Crippen LogP contribution in [0.1, 0.15) is 48.1 Å². The number of hydrogen-bond acceptors (Lipinski definition) is 4. The van der Waals surface area contributed by atoms with Crippen molar-refractivity contribution in [2.24, 2.45) is 7.05 Å². The molecule has 3 aromatic rings. The maximum Gasteiger partial charge on any atom is 0.331 e. The Balaban J connectivity index is 1.71. The van der Waals surface area contributed by atoms with Crippen LogP contribution >= 0.6 is 0 Å². The summed E-state index contributed by atoms with van der Waals surface area (Å²) in [5.41, 5.74) is 5.41. The Morgan fingerprint density at radius 1 is 1.11 bits per heavy atom. The van der Waals surface area contributed by atoms with Crippen molar-refractivity contribution < 1.29 is 24.5 Å². The van der Waals surface area contributed by atoms with E-state index in [1.807, 2.05) is 64.3 Å². The summed E-state index contributed by atoms with van der Waals surface area (Å²) in [6.45, 7) is 7.86. The second-order valence-corrected chi connectivity index (χ2v) is 9.65. The first-order chi connectivity index (χ1) is 17.6. The molecular weight excluding hydrogens is 468 g/mol. The van der Waals surface area contributed by atoms with Crippen molar-refractivity contribution in [1.29, 1.82) is 0 Å². The molecule has 0 fully saturated rings. The Kier molecular flexibility index (Phi) is 7.07. The highest BCUT2D eigenvalue weighted by molar-refractivity contribution is 5.94. The Bertz CT molecular complexity index is 1450. The summed E-state index contributed by atoms with van der Waals surface area (Å²) in [6, 6.07) is 11.5. The van der Waals surface area contributed by atoms with E-state index < -0.39 is 17.4 Å². The van der Waals surface area contributed by atoms with Gasteiger partial charge in [-0.15, -0.1) is 0 Å². The number of aryl methyl sites for hydroxylation is 4. The second kappa shape index (κ2) is 10.1. The molecule has 0 saturated carbocycles. The highest BCUT2D eigenvalue weighted by Gasteiger charge is 2.44. The molecule has 0 radical (unpaired) electrons. The molecule has 4 rings (SSSR count). The third kappa shape index (κ3) is 4.81. The average molecular weight is 501 g/mol. The minimum absolute atomic E-state index is 0.106. The van der Waals surface area contributed by atoms with E-state index in [9.17, 15) is 19.8 Å². The van der Waals surface area contributed by atoms with Crippen LogP contribution in [0, 0.1) is 13.8 Å². The van der Waals surface area contributed by atoms with Gasteiger partial charge in [0.25, 0.3) is 0 Å². The van der Waals surface area contributed by atoms with Crippen LogP contribution in [0.2, 0.25) is 0 Å². The van der Waals surface area contributed by atoms with Crippen molar-refractivity contribution in [2.75, 3.05) is 0 Å². The lowest BCUT2D eigenvalue weighted by Crippen LogP contribution is -2.38. The summed E-state index contributed by atoms with van der Waals surface area (Å²) in [6.07, 6.45) is 5.75. The van der Waals surface area contributed by atoms with Gasteiger partial charge in [-0.05, 0) is 78.8 Å². The number of carboxylic acids is 2. The molecule has 0 amide bonds. The number of ether oxygens (including phenoxy) is 1. The van der Waals surface area contributed by atoms with E-state index in [1.54, 1.807) is 29.8 Å². The zero-order chi connectivity index (χ0) is 26.9. The molecule has 1 heterocycles. The Morgan fingerprint density at radius 3 is 2.46 bits per heavy atom.